The molecule has 0 saturated heterocycles. The zero-order chi connectivity index (χ0) is 19.4. The van der Waals surface area contributed by atoms with Crippen LogP contribution in [0.1, 0.15) is 11.1 Å². The standard InChI is InChI=1S/C20H20BrN3O3/c1-13-3-6-18(27-2)14(9-13)7-8-22-19(25)11-24-12-23-17-5-4-15(21)10-16(17)20(24)26/h3-6,9-10,12H,7-8,11H2,1-2H3,(H,22,25). The molecule has 0 aliphatic rings. The van der Waals surface area contributed by atoms with Crippen molar-refractivity contribution in [3.63, 3.8) is 0 Å². The quantitative estimate of drug-likeness (QED) is 0.653. The van der Waals surface area contributed by atoms with Crippen molar-refractivity contribution in [2.45, 2.75) is 19.9 Å². The van der Waals surface area contributed by atoms with Gasteiger partial charge in [-0.05, 0) is 43.2 Å². The molecule has 3 rings (SSSR count). The minimum absolute atomic E-state index is 0.0702. The van der Waals surface area contributed by atoms with E-state index in [4.69, 9.17) is 4.74 Å². The molecule has 6 nitrogen and oxygen atoms in total. The highest BCUT2D eigenvalue weighted by atomic mass is 79.9. The van der Waals surface area contributed by atoms with Crippen LogP contribution >= 0.6 is 15.9 Å². The minimum Gasteiger partial charge on any atom is -0.496 e. The number of hydrogen-bond donors (Lipinski definition) is 1. The summed E-state index contributed by atoms with van der Waals surface area (Å²) in [6.07, 6.45) is 2.05. The van der Waals surface area contributed by atoms with E-state index < -0.39 is 0 Å². The second kappa shape index (κ2) is 8.35. The molecule has 0 unspecified atom stereocenters. The fourth-order valence-electron chi connectivity index (χ4n) is 2.89. The van der Waals surface area contributed by atoms with E-state index in [1.54, 1.807) is 19.2 Å². The molecular weight excluding hydrogens is 410 g/mol. The van der Waals surface area contributed by atoms with E-state index in [-0.39, 0.29) is 18.0 Å². The predicted octanol–water partition coefficient (Wildman–Crippen LogP) is 2.83. The first-order valence-electron chi connectivity index (χ1n) is 8.53. The number of halogens is 1. The Morgan fingerprint density at radius 2 is 2.07 bits per heavy atom. The fourth-order valence-corrected chi connectivity index (χ4v) is 3.25. The minimum atomic E-state index is -0.239. The highest BCUT2D eigenvalue weighted by Crippen LogP contribution is 2.19. The Bertz CT molecular complexity index is 1050. The van der Waals surface area contributed by atoms with Crippen LogP contribution < -0.4 is 15.6 Å². The Hall–Kier alpha value is -2.67. The molecule has 0 aliphatic carbocycles. The van der Waals surface area contributed by atoms with Crippen molar-refractivity contribution in [3.05, 3.63) is 68.7 Å². The van der Waals surface area contributed by atoms with Crippen LogP contribution in [0.2, 0.25) is 0 Å². The first-order chi connectivity index (χ1) is 13.0. The van der Waals surface area contributed by atoms with Gasteiger partial charge in [0.1, 0.15) is 12.3 Å². The number of rotatable bonds is 6. The fraction of sp³-hybridized carbons (Fsp3) is 0.250. The molecule has 27 heavy (non-hydrogen) atoms. The van der Waals surface area contributed by atoms with Gasteiger partial charge in [0.2, 0.25) is 5.91 Å². The summed E-state index contributed by atoms with van der Waals surface area (Å²) in [5, 5.41) is 3.32. The molecule has 0 fully saturated rings. The first kappa shape index (κ1) is 19.1. The lowest BCUT2D eigenvalue weighted by atomic mass is 10.1. The number of aromatic nitrogens is 2. The van der Waals surface area contributed by atoms with Gasteiger partial charge in [-0.15, -0.1) is 0 Å². The van der Waals surface area contributed by atoms with Crippen molar-refractivity contribution in [1.82, 2.24) is 14.9 Å². The molecule has 0 saturated carbocycles. The van der Waals surface area contributed by atoms with E-state index in [0.29, 0.717) is 23.9 Å². The third kappa shape index (κ3) is 4.54. The number of hydrogen-bond acceptors (Lipinski definition) is 4. The lowest BCUT2D eigenvalue weighted by Crippen LogP contribution is -2.33. The Labute approximate surface area is 165 Å². The summed E-state index contributed by atoms with van der Waals surface area (Å²) in [6.45, 7) is 2.40. The summed E-state index contributed by atoms with van der Waals surface area (Å²) < 4.78 is 7.46. The van der Waals surface area contributed by atoms with Gasteiger partial charge in [-0.1, -0.05) is 33.6 Å². The first-order valence-corrected chi connectivity index (χ1v) is 9.32. The maximum atomic E-state index is 12.5. The van der Waals surface area contributed by atoms with Crippen molar-refractivity contribution < 1.29 is 9.53 Å². The number of fused-ring (bicyclic) bond motifs is 1. The van der Waals surface area contributed by atoms with Crippen LogP contribution in [-0.4, -0.2) is 29.1 Å². The van der Waals surface area contributed by atoms with Crippen molar-refractivity contribution in [3.8, 4) is 5.75 Å². The number of amides is 1. The van der Waals surface area contributed by atoms with Crippen LogP contribution in [0.4, 0.5) is 0 Å². The molecule has 1 heterocycles. The number of carbonyl (C=O) groups excluding carboxylic acids is 1. The zero-order valence-corrected chi connectivity index (χ0v) is 16.7. The predicted molar refractivity (Wildman–Crippen MR) is 108 cm³/mol. The van der Waals surface area contributed by atoms with E-state index in [0.717, 1.165) is 21.3 Å². The maximum Gasteiger partial charge on any atom is 0.261 e. The molecule has 0 radical (unpaired) electrons. The molecule has 140 valence electrons. The third-order valence-electron chi connectivity index (χ3n) is 4.25. The third-order valence-corrected chi connectivity index (χ3v) is 4.75. The molecule has 3 aromatic rings. The Balaban J connectivity index is 1.65. The average Bonchev–Trinajstić information content (AvgIpc) is 2.65. The van der Waals surface area contributed by atoms with Crippen LogP contribution in [0, 0.1) is 6.92 Å². The van der Waals surface area contributed by atoms with Crippen molar-refractivity contribution in [2.75, 3.05) is 13.7 Å². The van der Waals surface area contributed by atoms with E-state index in [2.05, 4.69) is 26.2 Å². The number of benzene rings is 2. The molecule has 1 aromatic heterocycles. The summed E-state index contributed by atoms with van der Waals surface area (Å²) in [6, 6.07) is 11.2. The number of methoxy groups -OCH3 is 1. The van der Waals surface area contributed by atoms with Gasteiger partial charge in [0.05, 0.1) is 24.3 Å². The highest BCUT2D eigenvalue weighted by molar-refractivity contribution is 9.10. The molecule has 0 aliphatic heterocycles. The van der Waals surface area contributed by atoms with E-state index in [1.165, 1.54) is 10.9 Å². The van der Waals surface area contributed by atoms with E-state index in [9.17, 15) is 9.59 Å². The Morgan fingerprint density at radius 1 is 1.26 bits per heavy atom. The van der Waals surface area contributed by atoms with Crippen LogP contribution in [0.25, 0.3) is 10.9 Å². The number of nitrogens with zero attached hydrogens (tertiary/aromatic N) is 2. The van der Waals surface area contributed by atoms with Gasteiger partial charge in [0.15, 0.2) is 0 Å². The number of nitrogens with one attached hydrogen (secondary N) is 1. The van der Waals surface area contributed by atoms with Crippen LogP contribution in [0.5, 0.6) is 5.75 Å². The zero-order valence-electron chi connectivity index (χ0n) is 15.2. The SMILES string of the molecule is COc1ccc(C)cc1CCNC(=O)Cn1cnc2ccc(Br)cc2c1=O. The van der Waals surface area contributed by atoms with Gasteiger partial charge in [0, 0.05) is 11.0 Å². The largest absolute Gasteiger partial charge is 0.496 e. The van der Waals surface area contributed by atoms with E-state index >= 15 is 0 Å². The lowest BCUT2D eigenvalue weighted by Gasteiger charge is -2.11. The Morgan fingerprint density at radius 3 is 2.85 bits per heavy atom. The van der Waals surface area contributed by atoms with Gasteiger partial charge in [0.25, 0.3) is 5.56 Å². The van der Waals surface area contributed by atoms with Crippen molar-refractivity contribution in [2.24, 2.45) is 0 Å². The smallest absolute Gasteiger partial charge is 0.261 e. The van der Waals surface area contributed by atoms with Crippen molar-refractivity contribution >= 4 is 32.7 Å². The summed E-state index contributed by atoms with van der Waals surface area (Å²) in [5.41, 5.74) is 2.53. The Kier molecular flexibility index (Phi) is 5.91. The van der Waals surface area contributed by atoms with Crippen LogP contribution in [-0.2, 0) is 17.8 Å². The second-order valence-corrected chi connectivity index (χ2v) is 7.17. The van der Waals surface area contributed by atoms with Crippen LogP contribution in [0.15, 0.2) is 52.0 Å². The van der Waals surface area contributed by atoms with Crippen molar-refractivity contribution in [1.29, 1.82) is 0 Å². The normalized spacial score (nSPS) is 10.8. The number of carbonyl (C=O) groups is 1. The monoisotopic (exact) mass is 429 g/mol. The lowest BCUT2D eigenvalue weighted by molar-refractivity contribution is -0.121. The molecule has 0 atom stereocenters. The topological polar surface area (TPSA) is 73.2 Å². The van der Waals surface area contributed by atoms with Crippen LogP contribution in [0.3, 0.4) is 0 Å². The average molecular weight is 430 g/mol. The molecule has 2 aromatic carbocycles. The highest BCUT2D eigenvalue weighted by Gasteiger charge is 2.09. The summed E-state index contributed by atoms with van der Waals surface area (Å²) in [7, 11) is 1.63. The maximum absolute atomic E-state index is 12.5. The van der Waals surface area contributed by atoms with Gasteiger partial charge in [-0.25, -0.2) is 4.98 Å². The second-order valence-electron chi connectivity index (χ2n) is 6.25. The van der Waals surface area contributed by atoms with E-state index in [1.807, 2.05) is 31.2 Å². The molecule has 1 N–H and O–H groups in total. The van der Waals surface area contributed by atoms with Gasteiger partial charge in [-0.2, -0.15) is 0 Å². The van der Waals surface area contributed by atoms with Gasteiger partial charge < -0.3 is 10.1 Å². The van der Waals surface area contributed by atoms with Gasteiger partial charge >= 0.3 is 0 Å². The summed E-state index contributed by atoms with van der Waals surface area (Å²) in [4.78, 5) is 29.0. The molecule has 0 spiro atoms. The number of aryl methyl sites for hydroxylation is 1. The molecule has 7 heteroatoms. The molecule has 0 bridgehead atoms. The summed E-state index contributed by atoms with van der Waals surface area (Å²) in [5.74, 6) is 0.565. The number of ether oxygens (including phenoxy) is 1. The molecule has 1 amide bonds. The summed E-state index contributed by atoms with van der Waals surface area (Å²) >= 11 is 3.35. The molecular formula is C20H20BrN3O3. The van der Waals surface area contributed by atoms with Gasteiger partial charge in [-0.3, -0.25) is 14.2 Å².